The van der Waals surface area contributed by atoms with Crippen LogP contribution in [0.15, 0.2) is 21.9 Å². The molecule has 12 nitrogen and oxygen atoms in total. The van der Waals surface area contributed by atoms with Crippen LogP contribution in [0, 0.1) is 23.7 Å². The highest BCUT2D eigenvalue weighted by molar-refractivity contribution is 8.76. The number of rotatable bonds is 11. The maximum absolute atomic E-state index is 13.8. The van der Waals surface area contributed by atoms with Crippen LogP contribution in [0.2, 0.25) is 0 Å². The minimum Gasteiger partial charge on any atom is -0.374 e. The van der Waals surface area contributed by atoms with Gasteiger partial charge in [-0.3, -0.25) is 27.9 Å². The van der Waals surface area contributed by atoms with Crippen LogP contribution in [0.1, 0.15) is 20.9 Å². The first-order valence-corrected chi connectivity index (χ1v) is 14.4. The molecule has 2 fully saturated rings. The Morgan fingerprint density at radius 1 is 1.34 bits per heavy atom. The lowest BCUT2D eigenvalue weighted by molar-refractivity contribution is -0.0548. The molecule has 7 atom stereocenters. The number of phosphoric acid groups is 1. The summed E-state index contributed by atoms with van der Waals surface area (Å²) in [4.78, 5) is 26.0. The molecule has 0 aliphatic carbocycles. The summed E-state index contributed by atoms with van der Waals surface area (Å²) in [7, 11) is 0.00954. The molecule has 0 radical (unpaired) electrons. The predicted molar refractivity (Wildman–Crippen MR) is 129 cm³/mol. The van der Waals surface area contributed by atoms with Gasteiger partial charge in [-0.25, -0.2) is 9.36 Å². The zero-order valence-electron chi connectivity index (χ0n) is 19.8. The van der Waals surface area contributed by atoms with Crippen LogP contribution in [-0.2, 0) is 32.3 Å². The number of nitrogens with zero attached hydrogens (tertiary/aromatic N) is 2. The lowest BCUT2D eigenvalue weighted by Gasteiger charge is -2.33. The molecule has 3 heterocycles. The third-order valence-electron chi connectivity index (χ3n) is 5.00. The number of phosphoric ester groups is 1. The van der Waals surface area contributed by atoms with Gasteiger partial charge in [0.25, 0.3) is 5.56 Å². The SMILES string of the molecule is [2H]C[C@H]1O[C@@H](n2ccc(=O)[nH]c2=O)[C@@H](OC)C1OP(=O)(OCCC#N)OC1CSSC[C@H]1OCC#C. The normalized spacial score (nSPS) is 30.7. The first-order chi connectivity index (χ1) is 17.4. The topological polar surface area (TPSA) is 151 Å². The molecule has 2 saturated heterocycles. The molecule has 3 unspecified atom stereocenters. The molecular weight excluding hydrogens is 521 g/mol. The number of ether oxygens (including phenoxy) is 3. The first kappa shape index (κ1) is 26.5. The van der Waals surface area contributed by atoms with Crippen molar-refractivity contribution in [3.8, 4) is 18.4 Å². The maximum atomic E-state index is 13.8. The van der Waals surface area contributed by atoms with E-state index in [9.17, 15) is 14.2 Å². The molecule has 192 valence electrons. The molecule has 15 heteroatoms. The van der Waals surface area contributed by atoms with Gasteiger partial charge in [-0.05, 0) is 6.90 Å². The highest BCUT2D eigenvalue weighted by Gasteiger charge is 2.50. The molecule has 0 aromatic carbocycles. The van der Waals surface area contributed by atoms with Crippen molar-refractivity contribution < 1.29 is 33.7 Å². The largest absolute Gasteiger partial charge is 0.475 e. The Morgan fingerprint density at radius 2 is 2.11 bits per heavy atom. The van der Waals surface area contributed by atoms with Gasteiger partial charge in [0, 0.05) is 32.2 Å². The number of terminal acetylenes is 1. The van der Waals surface area contributed by atoms with Gasteiger partial charge in [0.15, 0.2) is 6.23 Å². The molecule has 2 aliphatic rings. The smallest absolute Gasteiger partial charge is 0.374 e. The van der Waals surface area contributed by atoms with Crippen molar-refractivity contribution in [1.82, 2.24) is 9.55 Å². The van der Waals surface area contributed by atoms with Gasteiger partial charge in [-0.1, -0.05) is 27.5 Å². The Bertz CT molecular complexity index is 1120. The molecule has 0 amide bonds. The average Bonchev–Trinajstić information content (AvgIpc) is 3.20. The summed E-state index contributed by atoms with van der Waals surface area (Å²) in [6.07, 6.45) is 1.01. The predicted octanol–water partition coefficient (Wildman–Crippen LogP) is 1.69. The van der Waals surface area contributed by atoms with Crippen LogP contribution in [0.25, 0.3) is 0 Å². The standard InChI is InChI=1S/C20H26N3O9PS2/c1-4-9-28-14-11-34-35-12-15(14)31-33(26,29-10-5-7-21)32-17-13(2)30-19(18(17)27-3)23-8-6-16(24)22-20(23)25/h1,6,8,13-15,17-19H,5,9-12H2,2-3H3,(H,22,24,25)/t13-,14-,15?,17?,18+,19-,33?/m1/s1/i2D. The first-order valence-electron chi connectivity index (χ1n) is 11.1. The Kier molecular flexibility index (Phi) is 9.92. The average molecular weight is 549 g/mol. The van der Waals surface area contributed by atoms with Crippen molar-refractivity contribution in [3.63, 3.8) is 0 Å². The van der Waals surface area contributed by atoms with Crippen LogP contribution in [0.3, 0.4) is 0 Å². The van der Waals surface area contributed by atoms with Crippen molar-refractivity contribution in [2.24, 2.45) is 0 Å². The van der Waals surface area contributed by atoms with Crippen molar-refractivity contribution in [3.05, 3.63) is 33.1 Å². The minimum absolute atomic E-state index is 0.0366. The van der Waals surface area contributed by atoms with E-state index in [4.69, 9.17) is 40.8 Å². The van der Waals surface area contributed by atoms with Gasteiger partial charge in [-0.2, -0.15) is 5.26 Å². The second-order valence-electron chi connectivity index (χ2n) is 7.31. The Balaban J connectivity index is 1.87. The van der Waals surface area contributed by atoms with Crippen molar-refractivity contribution in [2.45, 2.75) is 50.1 Å². The van der Waals surface area contributed by atoms with Crippen LogP contribution in [-0.4, -0.2) is 71.9 Å². The molecular formula is C20H26N3O9PS2. The maximum Gasteiger partial charge on any atom is 0.475 e. The molecule has 1 N–H and O–H groups in total. The summed E-state index contributed by atoms with van der Waals surface area (Å²) >= 11 is 0. The van der Waals surface area contributed by atoms with E-state index in [1.54, 1.807) is 10.8 Å². The summed E-state index contributed by atoms with van der Waals surface area (Å²) in [6.45, 7) is -0.534. The number of nitriles is 1. The van der Waals surface area contributed by atoms with E-state index in [0.717, 1.165) is 10.6 Å². The fourth-order valence-corrected chi connectivity index (χ4v) is 7.51. The number of H-pyrrole nitrogens is 1. The van der Waals surface area contributed by atoms with Gasteiger partial charge in [0.2, 0.25) is 0 Å². The summed E-state index contributed by atoms with van der Waals surface area (Å²) in [5.41, 5.74) is -1.35. The second kappa shape index (κ2) is 13.1. The number of methoxy groups -OCH3 is 1. The summed E-state index contributed by atoms with van der Waals surface area (Å²) < 4.78 is 57.0. The van der Waals surface area contributed by atoms with Gasteiger partial charge in [0.1, 0.15) is 24.9 Å². The van der Waals surface area contributed by atoms with Gasteiger partial charge in [-0.15, -0.1) is 6.42 Å². The van der Waals surface area contributed by atoms with E-state index in [0.29, 0.717) is 11.5 Å². The number of hydrogen-bond acceptors (Lipinski definition) is 12. The van der Waals surface area contributed by atoms with Crippen molar-refractivity contribution >= 4 is 29.4 Å². The lowest BCUT2D eigenvalue weighted by atomic mass is 10.1. The Labute approximate surface area is 211 Å². The van der Waals surface area contributed by atoms with Crippen LogP contribution < -0.4 is 11.2 Å². The Hall–Kier alpha value is -1.58. The number of aromatic amines is 1. The van der Waals surface area contributed by atoms with E-state index in [-0.39, 0.29) is 26.5 Å². The monoisotopic (exact) mass is 548 g/mol. The molecule has 0 spiro atoms. The van der Waals surface area contributed by atoms with Crippen LogP contribution in [0.4, 0.5) is 0 Å². The Morgan fingerprint density at radius 3 is 2.77 bits per heavy atom. The molecule has 1 aromatic heterocycles. The van der Waals surface area contributed by atoms with Gasteiger partial charge in [0.05, 0.1) is 31.3 Å². The van der Waals surface area contributed by atoms with Gasteiger partial charge >= 0.3 is 13.5 Å². The molecule has 35 heavy (non-hydrogen) atoms. The molecule has 1 aromatic rings. The van der Waals surface area contributed by atoms with Crippen molar-refractivity contribution in [1.29, 1.82) is 5.26 Å². The molecule has 3 rings (SSSR count). The highest BCUT2D eigenvalue weighted by Crippen LogP contribution is 2.55. The van der Waals surface area contributed by atoms with Crippen molar-refractivity contribution in [2.75, 3.05) is 31.8 Å². The second-order valence-corrected chi connectivity index (χ2v) is 11.4. The lowest BCUT2D eigenvalue weighted by Crippen LogP contribution is -2.40. The molecule has 0 saturated carbocycles. The number of nitrogens with one attached hydrogen (secondary N) is 1. The fraction of sp³-hybridized carbons (Fsp3) is 0.650. The zero-order chi connectivity index (χ0) is 26.1. The quantitative estimate of drug-likeness (QED) is 0.185. The minimum atomic E-state index is -4.37. The summed E-state index contributed by atoms with van der Waals surface area (Å²) in [5, 5.41) is 8.91. The fourth-order valence-electron chi connectivity index (χ4n) is 3.40. The van der Waals surface area contributed by atoms with E-state index in [1.807, 2.05) is 6.07 Å². The van der Waals surface area contributed by atoms with Gasteiger partial charge < -0.3 is 14.2 Å². The van der Waals surface area contributed by atoms with Crippen LogP contribution in [0.5, 0.6) is 0 Å². The third kappa shape index (κ3) is 7.23. The highest BCUT2D eigenvalue weighted by atomic mass is 33.1. The van der Waals surface area contributed by atoms with E-state index < -0.39 is 55.8 Å². The van der Waals surface area contributed by atoms with E-state index in [2.05, 4.69) is 10.9 Å². The number of aromatic nitrogens is 2. The van der Waals surface area contributed by atoms with E-state index >= 15 is 0 Å². The molecule has 2 aliphatic heterocycles. The third-order valence-corrected chi connectivity index (χ3v) is 8.95. The summed E-state index contributed by atoms with van der Waals surface area (Å²) in [6, 6.07) is 3.03. The number of hydrogen-bond donors (Lipinski definition) is 1. The van der Waals surface area contributed by atoms with Crippen LogP contribution >= 0.6 is 29.4 Å². The molecule has 0 bridgehead atoms. The summed E-state index contributed by atoms with van der Waals surface area (Å²) in [5.74, 6) is 3.32. The van der Waals surface area contributed by atoms with E-state index in [1.165, 1.54) is 24.1 Å². The zero-order valence-corrected chi connectivity index (χ0v) is 21.3.